The van der Waals surface area contributed by atoms with Crippen molar-refractivity contribution in [2.24, 2.45) is 0 Å². The Morgan fingerprint density at radius 3 is 2.43 bits per heavy atom. The molecule has 0 aromatic heterocycles. The van der Waals surface area contributed by atoms with E-state index < -0.39 is 0 Å². The highest BCUT2D eigenvalue weighted by molar-refractivity contribution is 7.80. The molecule has 23 heavy (non-hydrogen) atoms. The molecule has 0 amide bonds. The van der Waals surface area contributed by atoms with Crippen LogP contribution in [0.15, 0.2) is 66.7 Å². The fourth-order valence-corrected chi connectivity index (χ4v) is 3.02. The molecule has 0 bridgehead atoms. The molecule has 3 rings (SSSR count). The van der Waals surface area contributed by atoms with Crippen LogP contribution in [-0.2, 0) is 0 Å². The smallest absolute Gasteiger partial charge is 0.171 e. The van der Waals surface area contributed by atoms with Crippen molar-refractivity contribution in [2.75, 3.05) is 5.32 Å². The Morgan fingerprint density at radius 1 is 0.957 bits per heavy atom. The van der Waals surface area contributed by atoms with Crippen molar-refractivity contribution in [1.29, 1.82) is 0 Å². The zero-order chi connectivity index (χ0) is 16.2. The van der Waals surface area contributed by atoms with Gasteiger partial charge in [-0.25, -0.2) is 0 Å². The zero-order valence-electron chi connectivity index (χ0n) is 12.7. The van der Waals surface area contributed by atoms with Crippen LogP contribution in [0.1, 0.15) is 18.5 Å². The molecule has 3 aromatic carbocycles. The van der Waals surface area contributed by atoms with E-state index in [4.69, 9.17) is 23.8 Å². The van der Waals surface area contributed by atoms with Crippen molar-refractivity contribution in [1.82, 2.24) is 5.32 Å². The molecule has 0 spiro atoms. The normalized spacial score (nSPS) is 11.9. The lowest BCUT2D eigenvalue weighted by atomic mass is 10.00. The fourth-order valence-electron chi connectivity index (χ4n) is 2.60. The van der Waals surface area contributed by atoms with E-state index in [0.29, 0.717) is 10.1 Å². The minimum Gasteiger partial charge on any atom is -0.356 e. The SMILES string of the molecule is C[C@H](NC(=S)Nc1ccc(Cl)cc1)c1cccc2ccccc12. The van der Waals surface area contributed by atoms with Gasteiger partial charge in [-0.2, -0.15) is 0 Å². The van der Waals surface area contributed by atoms with Crippen molar-refractivity contribution >= 4 is 45.4 Å². The molecule has 4 heteroatoms. The number of nitrogens with one attached hydrogen (secondary N) is 2. The lowest BCUT2D eigenvalue weighted by molar-refractivity contribution is 0.729. The van der Waals surface area contributed by atoms with Gasteiger partial charge in [-0.1, -0.05) is 54.1 Å². The molecule has 0 saturated carbocycles. The number of rotatable bonds is 3. The number of fused-ring (bicyclic) bond motifs is 1. The van der Waals surface area contributed by atoms with Crippen LogP contribution < -0.4 is 10.6 Å². The number of hydrogen-bond donors (Lipinski definition) is 2. The van der Waals surface area contributed by atoms with Crippen molar-refractivity contribution < 1.29 is 0 Å². The summed E-state index contributed by atoms with van der Waals surface area (Å²) in [7, 11) is 0. The Balaban J connectivity index is 1.74. The number of benzene rings is 3. The first-order chi connectivity index (χ1) is 11.1. The molecular weight excluding hydrogens is 324 g/mol. The third-order valence-electron chi connectivity index (χ3n) is 3.74. The Labute approximate surface area is 146 Å². The Bertz CT molecular complexity index is 825. The Morgan fingerprint density at radius 2 is 1.65 bits per heavy atom. The van der Waals surface area contributed by atoms with Gasteiger partial charge >= 0.3 is 0 Å². The first-order valence-corrected chi connectivity index (χ1v) is 8.23. The van der Waals surface area contributed by atoms with Gasteiger partial charge in [0.25, 0.3) is 0 Å². The topological polar surface area (TPSA) is 24.1 Å². The van der Waals surface area contributed by atoms with Gasteiger partial charge in [-0.15, -0.1) is 0 Å². The summed E-state index contributed by atoms with van der Waals surface area (Å²) >= 11 is 11.3. The largest absolute Gasteiger partial charge is 0.356 e. The maximum absolute atomic E-state index is 5.89. The van der Waals surface area contributed by atoms with Crippen LogP contribution in [0.25, 0.3) is 10.8 Å². The van der Waals surface area contributed by atoms with E-state index in [1.165, 1.54) is 16.3 Å². The van der Waals surface area contributed by atoms with Crippen molar-refractivity contribution in [3.8, 4) is 0 Å². The third-order valence-corrected chi connectivity index (χ3v) is 4.21. The molecule has 0 unspecified atom stereocenters. The molecule has 0 aliphatic heterocycles. The number of hydrogen-bond acceptors (Lipinski definition) is 1. The summed E-state index contributed by atoms with van der Waals surface area (Å²) in [6.45, 7) is 2.11. The van der Waals surface area contributed by atoms with Gasteiger partial charge in [0, 0.05) is 10.7 Å². The molecule has 2 nitrogen and oxygen atoms in total. The molecule has 0 heterocycles. The molecule has 1 atom stereocenters. The van der Waals surface area contributed by atoms with E-state index in [1.54, 1.807) is 0 Å². The van der Waals surface area contributed by atoms with Crippen LogP contribution >= 0.6 is 23.8 Å². The summed E-state index contributed by atoms with van der Waals surface area (Å²) in [5.41, 5.74) is 2.14. The monoisotopic (exact) mass is 340 g/mol. The van der Waals surface area contributed by atoms with Crippen LogP contribution in [-0.4, -0.2) is 5.11 Å². The van der Waals surface area contributed by atoms with Crippen molar-refractivity contribution in [3.05, 3.63) is 77.3 Å². The average Bonchev–Trinajstić information content (AvgIpc) is 2.56. The molecule has 0 aliphatic carbocycles. The Kier molecular flexibility index (Phi) is 4.79. The molecule has 0 fully saturated rings. The second kappa shape index (κ2) is 6.99. The standard InChI is InChI=1S/C19H17ClN2S/c1-13(17-8-4-6-14-5-2-3-7-18(14)17)21-19(23)22-16-11-9-15(20)10-12-16/h2-13H,1H3,(H2,21,22,23)/t13-/m0/s1. The van der Waals surface area contributed by atoms with E-state index in [9.17, 15) is 0 Å². The van der Waals surface area contributed by atoms with Gasteiger partial charge in [0.05, 0.1) is 6.04 Å². The number of anilines is 1. The third kappa shape index (κ3) is 3.81. The molecule has 0 radical (unpaired) electrons. The van der Waals surface area contributed by atoms with E-state index in [2.05, 4.69) is 60.0 Å². The highest BCUT2D eigenvalue weighted by Crippen LogP contribution is 2.24. The average molecular weight is 341 g/mol. The highest BCUT2D eigenvalue weighted by Gasteiger charge is 2.10. The summed E-state index contributed by atoms with van der Waals surface area (Å²) in [4.78, 5) is 0. The molecule has 2 N–H and O–H groups in total. The van der Waals surface area contributed by atoms with Crippen molar-refractivity contribution in [3.63, 3.8) is 0 Å². The predicted octanol–water partition coefficient (Wildman–Crippen LogP) is 5.54. The molecule has 0 aliphatic rings. The summed E-state index contributed by atoms with van der Waals surface area (Å²) in [5, 5.41) is 10.3. The summed E-state index contributed by atoms with van der Waals surface area (Å²) in [6, 6.07) is 22.3. The quantitative estimate of drug-likeness (QED) is 0.612. The van der Waals surface area contributed by atoms with Crippen LogP contribution in [0.4, 0.5) is 5.69 Å². The van der Waals surface area contributed by atoms with Crippen LogP contribution in [0.2, 0.25) is 5.02 Å². The van der Waals surface area contributed by atoms with Gasteiger partial charge in [-0.05, 0) is 59.7 Å². The molecule has 3 aromatic rings. The zero-order valence-corrected chi connectivity index (χ0v) is 14.3. The van der Waals surface area contributed by atoms with E-state index in [0.717, 1.165) is 5.69 Å². The van der Waals surface area contributed by atoms with Gasteiger partial charge < -0.3 is 10.6 Å². The maximum Gasteiger partial charge on any atom is 0.171 e. The Hall–Kier alpha value is -2.10. The first kappa shape index (κ1) is 15.8. The number of halogens is 1. The minimum absolute atomic E-state index is 0.105. The second-order valence-electron chi connectivity index (χ2n) is 5.40. The predicted molar refractivity (Wildman–Crippen MR) is 103 cm³/mol. The van der Waals surface area contributed by atoms with Gasteiger partial charge in [0.15, 0.2) is 5.11 Å². The second-order valence-corrected chi connectivity index (χ2v) is 6.24. The summed E-state index contributed by atoms with van der Waals surface area (Å²) < 4.78 is 0. The van der Waals surface area contributed by atoms with Gasteiger partial charge in [-0.3, -0.25) is 0 Å². The minimum atomic E-state index is 0.105. The fraction of sp³-hybridized carbons (Fsp3) is 0.105. The van der Waals surface area contributed by atoms with Crippen LogP contribution in [0.5, 0.6) is 0 Å². The summed E-state index contributed by atoms with van der Waals surface area (Å²) in [6.07, 6.45) is 0. The molecular formula is C19H17ClN2S. The maximum atomic E-state index is 5.89. The molecule has 0 saturated heterocycles. The van der Waals surface area contributed by atoms with E-state index in [-0.39, 0.29) is 6.04 Å². The highest BCUT2D eigenvalue weighted by atomic mass is 35.5. The van der Waals surface area contributed by atoms with E-state index in [1.807, 2.05) is 24.3 Å². The van der Waals surface area contributed by atoms with Crippen molar-refractivity contribution in [2.45, 2.75) is 13.0 Å². The van der Waals surface area contributed by atoms with E-state index >= 15 is 0 Å². The first-order valence-electron chi connectivity index (χ1n) is 7.44. The summed E-state index contributed by atoms with van der Waals surface area (Å²) in [5.74, 6) is 0. The van der Waals surface area contributed by atoms with Crippen LogP contribution in [0, 0.1) is 0 Å². The van der Waals surface area contributed by atoms with Gasteiger partial charge in [0.2, 0.25) is 0 Å². The van der Waals surface area contributed by atoms with Crippen LogP contribution in [0.3, 0.4) is 0 Å². The lowest BCUT2D eigenvalue weighted by Gasteiger charge is -2.19. The van der Waals surface area contributed by atoms with Gasteiger partial charge in [0.1, 0.15) is 0 Å². The molecule has 116 valence electrons. The lowest BCUT2D eigenvalue weighted by Crippen LogP contribution is -2.30. The number of thiocarbonyl (C=S) groups is 1.